The minimum atomic E-state index is 0.0719. The van der Waals surface area contributed by atoms with Crippen molar-refractivity contribution in [2.24, 2.45) is 11.8 Å². The minimum Gasteiger partial charge on any atom is -0.357 e. The van der Waals surface area contributed by atoms with Gasteiger partial charge in [-0.3, -0.25) is 14.7 Å². The van der Waals surface area contributed by atoms with Gasteiger partial charge in [-0.1, -0.05) is 23.7 Å². The molecule has 6 rings (SSSR count). The number of anilines is 1. The molecule has 1 aliphatic carbocycles. The van der Waals surface area contributed by atoms with Crippen molar-refractivity contribution in [2.75, 3.05) is 37.6 Å². The normalized spacial score (nSPS) is 20.7. The molecule has 2 aliphatic heterocycles. The first kappa shape index (κ1) is 26.7. The maximum absolute atomic E-state index is 13.2. The lowest BCUT2D eigenvalue weighted by molar-refractivity contribution is -0.126. The summed E-state index contributed by atoms with van der Waals surface area (Å²) in [5.41, 5.74) is 5.03. The fourth-order valence-electron chi connectivity index (χ4n) is 6.50. The average molecular weight is 609 g/mol. The molecule has 39 heavy (non-hydrogen) atoms. The Kier molecular flexibility index (Phi) is 8.19. The van der Waals surface area contributed by atoms with E-state index in [1.54, 1.807) is 0 Å². The quantitative estimate of drug-likeness (QED) is 0.395. The first-order valence-electron chi connectivity index (χ1n) is 14.2. The van der Waals surface area contributed by atoms with Crippen LogP contribution in [0.4, 0.5) is 5.82 Å². The average Bonchev–Trinajstić information content (AvgIpc) is 3.13. The van der Waals surface area contributed by atoms with Gasteiger partial charge in [-0.25, -0.2) is 4.98 Å². The van der Waals surface area contributed by atoms with Crippen molar-refractivity contribution in [1.82, 2.24) is 20.2 Å². The maximum atomic E-state index is 13.2. The van der Waals surface area contributed by atoms with Gasteiger partial charge in [-0.15, -0.1) is 0 Å². The molecule has 1 aromatic carbocycles. The van der Waals surface area contributed by atoms with Crippen LogP contribution in [0.25, 0.3) is 0 Å². The standard InChI is InChI=1S/C31H35BrClN5O/c32-25-17-24-5-4-23-18-26(33)6-7-27(23)30(29(24)35-20-25)38-15-10-22(11-16-38)31(39)36-19-21-8-13-37(14-9-21)28-3-1-2-12-34-28/h1-3,6-7,12,17-18,20-22,30H,4-5,8-11,13-16,19H2,(H,36,39). The van der Waals surface area contributed by atoms with E-state index in [0.29, 0.717) is 5.92 Å². The summed E-state index contributed by atoms with van der Waals surface area (Å²) in [4.78, 5) is 27.4. The topological polar surface area (TPSA) is 61.4 Å². The molecule has 6 nitrogen and oxygen atoms in total. The van der Waals surface area contributed by atoms with E-state index in [4.69, 9.17) is 16.6 Å². The van der Waals surface area contributed by atoms with E-state index >= 15 is 0 Å². The molecule has 3 aromatic rings. The number of amides is 1. The van der Waals surface area contributed by atoms with E-state index in [0.717, 1.165) is 92.3 Å². The smallest absolute Gasteiger partial charge is 0.223 e. The Morgan fingerprint density at radius 2 is 1.77 bits per heavy atom. The number of halogens is 2. The van der Waals surface area contributed by atoms with Gasteiger partial charge in [0.1, 0.15) is 5.82 Å². The monoisotopic (exact) mass is 607 g/mol. The van der Waals surface area contributed by atoms with Gasteiger partial charge in [0.15, 0.2) is 0 Å². The molecule has 4 heterocycles. The van der Waals surface area contributed by atoms with Crippen molar-refractivity contribution in [2.45, 2.75) is 44.6 Å². The number of benzene rings is 1. The Hall–Kier alpha value is -2.48. The number of hydrogen-bond donors (Lipinski definition) is 1. The molecule has 0 spiro atoms. The largest absolute Gasteiger partial charge is 0.357 e. The summed E-state index contributed by atoms with van der Waals surface area (Å²) in [5.74, 6) is 1.88. The van der Waals surface area contributed by atoms with Crippen LogP contribution in [0.3, 0.4) is 0 Å². The number of aromatic nitrogens is 2. The van der Waals surface area contributed by atoms with Gasteiger partial charge in [0.05, 0.1) is 11.7 Å². The van der Waals surface area contributed by atoms with Crippen LogP contribution in [-0.4, -0.2) is 53.5 Å². The second-order valence-electron chi connectivity index (χ2n) is 11.1. The molecule has 8 heteroatoms. The Labute approximate surface area is 244 Å². The first-order chi connectivity index (χ1) is 19.0. The maximum Gasteiger partial charge on any atom is 0.223 e. The predicted octanol–water partition coefficient (Wildman–Crippen LogP) is 5.83. The molecule has 204 valence electrons. The third-order valence-electron chi connectivity index (χ3n) is 8.71. The van der Waals surface area contributed by atoms with E-state index in [-0.39, 0.29) is 17.9 Å². The zero-order valence-corrected chi connectivity index (χ0v) is 24.5. The van der Waals surface area contributed by atoms with Crippen LogP contribution in [0.15, 0.2) is 59.3 Å². The number of pyridine rings is 2. The highest BCUT2D eigenvalue weighted by Gasteiger charge is 2.34. The summed E-state index contributed by atoms with van der Waals surface area (Å²) in [6, 6.07) is 14.7. The van der Waals surface area contributed by atoms with E-state index in [1.165, 1.54) is 16.7 Å². The second kappa shape index (κ2) is 11.9. The highest BCUT2D eigenvalue weighted by Crippen LogP contribution is 2.39. The third-order valence-corrected chi connectivity index (χ3v) is 9.38. The fourth-order valence-corrected chi connectivity index (χ4v) is 7.07. The summed E-state index contributed by atoms with van der Waals surface area (Å²) in [6.07, 6.45) is 9.58. The molecule has 0 saturated carbocycles. The van der Waals surface area contributed by atoms with Gasteiger partial charge < -0.3 is 10.2 Å². The highest BCUT2D eigenvalue weighted by molar-refractivity contribution is 9.10. The number of fused-ring (bicyclic) bond motifs is 2. The fraction of sp³-hybridized carbons (Fsp3) is 0.452. The zero-order valence-electron chi connectivity index (χ0n) is 22.2. The highest BCUT2D eigenvalue weighted by atomic mass is 79.9. The van der Waals surface area contributed by atoms with Gasteiger partial charge in [-0.2, -0.15) is 0 Å². The predicted molar refractivity (Wildman–Crippen MR) is 159 cm³/mol. The van der Waals surface area contributed by atoms with E-state index in [1.807, 2.05) is 30.6 Å². The van der Waals surface area contributed by atoms with Crippen LogP contribution < -0.4 is 10.2 Å². The molecule has 2 saturated heterocycles. The number of piperidine rings is 2. The summed E-state index contributed by atoms with van der Waals surface area (Å²) >= 11 is 10.0. The SMILES string of the molecule is O=C(NCC1CCN(c2ccccn2)CC1)C1CCN(C2c3ccc(Cl)cc3CCc3cc(Br)cnc32)CC1. The van der Waals surface area contributed by atoms with E-state index in [9.17, 15) is 4.79 Å². The number of nitrogens with zero attached hydrogens (tertiary/aromatic N) is 4. The van der Waals surface area contributed by atoms with Crippen molar-refractivity contribution in [3.8, 4) is 0 Å². The van der Waals surface area contributed by atoms with Gasteiger partial charge in [0.25, 0.3) is 0 Å². The molecule has 1 N–H and O–H groups in total. The van der Waals surface area contributed by atoms with Crippen LogP contribution in [0.2, 0.25) is 5.02 Å². The van der Waals surface area contributed by atoms with Crippen molar-refractivity contribution >= 4 is 39.3 Å². The van der Waals surface area contributed by atoms with E-state index in [2.05, 4.69) is 60.3 Å². The van der Waals surface area contributed by atoms with Crippen LogP contribution in [-0.2, 0) is 17.6 Å². The lowest BCUT2D eigenvalue weighted by atomic mass is 9.90. The summed E-state index contributed by atoms with van der Waals surface area (Å²) in [7, 11) is 0. The lowest BCUT2D eigenvalue weighted by Gasteiger charge is -2.38. The molecule has 2 fully saturated rings. The number of carbonyl (C=O) groups is 1. The lowest BCUT2D eigenvalue weighted by Crippen LogP contribution is -2.44. The first-order valence-corrected chi connectivity index (χ1v) is 15.3. The van der Waals surface area contributed by atoms with Gasteiger partial charge in [0, 0.05) is 47.4 Å². The molecular formula is C31H35BrClN5O. The number of hydrogen-bond acceptors (Lipinski definition) is 5. The Bertz CT molecular complexity index is 1250. The summed E-state index contributed by atoms with van der Waals surface area (Å²) in [5, 5.41) is 4.08. The number of rotatable bonds is 5. The number of likely N-dealkylation sites (tertiary alicyclic amines) is 1. The van der Waals surface area contributed by atoms with Crippen LogP contribution in [0, 0.1) is 11.8 Å². The molecule has 3 aliphatic rings. The Morgan fingerprint density at radius 3 is 2.54 bits per heavy atom. The molecule has 0 bridgehead atoms. The van der Waals surface area contributed by atoms with Crippen molar-refractivity contribution < 1.29 is 4.79 Å². The van der Waals surface area contributed by atoms with Crippen molar-refractivity contribution in [1.29, 1.82) is 0 Å². The summed E-state index contributed by atoms with van der Waals surface area (Å²) in [6.45, 7) is 4.53. The molecule has 1 atom stereocenters. The van der Waals surface area contributed by atoms with Crippen LogP contribution >= 0.6 is 27.5 Å². The minimum absolute atomic E-state index is 0.0719. The second-order valence-corrected chi connectivity index (χ2v) is 12.5. The van der Waals surface area contributed by atoms with Crippen LogP contribution in [0.5, 0.6) is 0 Å². The zero-order chi connectivity index (χ0) is 26.8. The molecule has 1 unspecified atom stereocenters. The molecule has 1 amide bonds. The molecular weight excluding hydrogens is 574 g/mol. The number of carbonyl (C=O) groups excluding carboxylic acids is 1. The van der Waals surface area contributed by atoms with Crippen molar-refractivity contribution in [3.05, 3.63) is 86.7 Å². The van der Waals surface area contributed by atoms with Crippen LogP contribution in [0.1, 0.15) is 54.1 Å². The van der Waals surface area contributed by atoms with Crippen molar-refractivity contribution in [3.63, 3.8) is 0 Å². The van der Waals surface area contributed by atoms with Gasteiger partial charge >= 0.3 is 0 Å². The Balaban J connectivity index is 1.06. The molecule has 0 radical (unpaired) electrons. The number of nitrogens with one attached hydrogen (secondary N) is 1. The van der Waals surface area contributed by atoms with Gasteiger partial charge in [0.2, 0.25) is 5.91 Å². The Morgan fingerprint density at radius 1 is 0.974 bits per heavy atom. The van der Waals surface area contributed by atoms with Gasteiger partial charge in [-0.05, 0) is 120 Å². The molecule has 2 aromatic heterocycles. The summed E-state index contributed by atoms with van der Waals surface area (Å²) < 4.78 is 1.02. The van der Waals surface area contributed by atoms with E-state index < -0.39 is 0 Å². The number of aryl methyl sites for hydroxylation is 2. The third kappa shape index (κ3) is 6.01.